The second-order valence-electron chi connectivity index (χ2n) is 4.85. The summed E-state index contributed by atoms with van der Waals surface area (Å²) in [5, 5.41) is 8.74. The van der Waals surface area contributed by atoms with E-state index in [1.165, 1.54) is 24.5 Å². The lowest BCUT2D eigenvalue weighted by molar-refractivity contribution is 0.305. The number of nitriles is 1. The van der Waals surface area contributed by atoms with Crippen molar-refractivity contribution in [3.05, 3.63) is 77.9 Å². The first kappa shape index (κ1) is 14.7. The van der Waals surface area contributed by atoms with Crippen molar-refractivity contribution < 1.29 is 9.13 Å². The molecule has 0 radical (unpaired) electrons. The lowest BCUT2D eigenvalue weighted by Gasteiger charge is -2.07. The molecule has 0 fully saturated rings. The minimum absolute atomic E-state index is 0.278. The molecular weight excluding hydrogens is 293 g/mol. The molecule has 0 amide bonds. The summed E-state index contributed by atoms with van der Waals surface area (Å²) in [6.07, 6.45) is 2.97. The predicted molar refractivity (Wildman–Crippen MR) is 82.9 cm³/mol. The predicted octanol–water partition coefficient (Wildman–Crippen LogP) is 3.73. The first-order valence-electron chi connectivity index (χ1n) is 6.94. The fourth-order valence-corrected chi connectivity index (χ4v) is 2.03. The molecule has 0 saturated carbocycles. The lowest BCUT2D eigenvalue weighted by Crippen LogP contribution is -1.96. The Labute approximate surface area is 132 Å². The molecule has 23 heavy (non-hydrogen) atoms. The van der Waals surface area contributed by atoms with E-state index in [0.717, 1.165) is 11.1 Å². The second kappa shape index (κ2) is 6.67. The molecular formula is C18H12FN3O. The number of rotatable bonds is 4. The number of ether oxygens (including phenoxy) is 1. The summed E-state index contributed by atoms with van der Waals surface area (Å²) in [6.45, 7) is 0.296. The summed E-state index contributed by atoms with van der Waals surface area (Å²) < 4.78 is 18.7. The van der Waals surface area contributed by atoms with Crippen LogP contribution in [0.1, 0.15) is 11.1 Å². The highest BCUT2D eigenvalue weighted by Gasteiger charge is 2.03. The van der Waals surface area contributed by atoms with Crippen LogP contribution in [0.3, 0.4) is 0 Å². The van der Waals surface area contributed by atoms with E-state index >= 15 is 0 Å². The molecule has 0 bridgehead atoms. The molecule has 112 valence electrons. The summed E-state index contributed by atoms with van der Waals surface area (Å²) >= 11 is 0. The van der Waals surface area contributed by atoms with Crippen LogP contribution in [0.2, 0.25) is 0 Å². The molecule has 5 heteroatoms. The van der Waals surface area contributed by atoms with E-state index in [1.807, 2.05) is 24.3 Å². The molecule has 1 heterocycles. The normalized spacial score (nSPS) is 10.1. The molecule has 0 aliphatic rings. The highest BCUT2D eigenvalue weighted by atomic mass is 19.1. The summed E-state index contributed by atoms with van der Waals surface area (Å²) in [6, 6.07) is 15.6. The summed E-state index contributed by atoms with van der Waals surface area (Å²) in [5.74, 6) is 0.937. The molecule has 0 N–H and O–H groups in total. The molecule has 3 rings (SSSR count). The van der Waals surface area contributed by atoms with Gasteiger partial charge in [0, 0.05) is 18.0 Å². The van der Waals surface area contributed by atoms with Crippen LogP contribution in [-0.2, 0) is 6.61 Å². The van der Waals surface area contributed by atoms with Crippen molar-refractivity contribution in [3.63, 3.8) is 0 Å². The number of benzene rings is 2. The van der Waals surface area contributed by atoms with Crippen LogP contribution in [0, 0.1) is 17.1 Å². The van der Waals surface area contributed by atoms with Crippen LogP contribution in [0.15, 0.2) is 60.9 Å². The average Bonchev–Trinajstić information content (AvgIpc) is 2.61. The third kappa shape index (κ3) is 3.69. The monoisotopic (exact) mass is 305 g/mol. The Morgan fingerprint density at radius 2 is 1.78 bits per heavy atom. The number of nitrogens with zero attached hydrogens (tertiary/aromatic N) is 3. The summed E-state index contributed by atoms with van der Waals surface area (Å²) in [5.41, 5.74) is 2.01. The highest BCUT2D eigenvalue weighted by Crippen LogP contribution is 2.20. The van der Waals surface area contributed by atoms with Gasteiger partial charge in [-0.25, -0.2) is 14.4 Å². The molecule has 0 spiro atoms. The SMILES string of the molecule is N#Cc1cnc(-c2ccc(OCc3cccc(F)c3)cc2)nc1. The third-order valence-corrected chi connectivity index (χ3v) is 3.19. The molecule has 0 aliphatic carbocycles. The number of hydrogen-bond donors (Lipinski definition) is 0. The van der Waals surface area contributed by atoms with Crippen LogP contribution < -0.4 is 4.74 Å². The van der Waals surface area contributed by atoms with Crippen LogP contribution >= 0.6 is 0 Å². The van der Waals surface area contributed by atoms with E-state index in [4.69, 9.17) is 10.00 Å². The van der Waals surface area contributed by atoms with Gasteiger partial charge in [0.15, 0.2) is 5.82 Å². The molecule has 0 aliphatic heterocycles. The van der Waals surface area contributed by atoms with Crippen molar-refractivity contribution in [2.24, 2.45) is 0 Å². The average molecular weight is 305 g/mol. The van der Waals surface area contributed by atoms with Gasteiger partial charge in [-0.05, 0) is 42.0 Å². The molecule has 0 unspecified atom stereocenters. The number of aromatic nitrogens is 2. The molecule has 0 atom stereocenters. The van der Waals surface area contributed by atoms with E-state index in [0.29, 0.717) is 23.7 Å². The second-order valence-corrected chi connectivity index (χ2v) is 4.85. The maximum absolute atomic E-state index is 13.1. The van der Waals surface area contributed by atoms with E-state index in [9.17, 15) is 4.39 Å². The van der Waals surface area contributed by atoms with Gasteiger partial charge in [-0.1, -0.05) is 12.1 Å². The van der Waals surface area contributed by atoms with Crippen LogP contribution in [0.25, 0.3) is 11.4 Å². The van der Waals surface area contributed by atoms with E-state index in [1.54, 1.807) is 18.2 Å². The summed E-state index contributed by atoms with van der Waals surface area (Å²) in [7, 11) is 0. The van der Waals surface area contributed by atoms with Crippen LogP contribution in [0.5, 0.6) is 5.75 Å². The zero-order valence-corrected chi connectivity index (χ0v) is 12.1. The van der Waals surface area contributed by atoms with Crippen molar-refractivity contribution >= 4 is 0 Å². The quantitative estimate of drug-likeness (QED) is 0.737. The van der Waals surface area contributed by atoms with Crippen molar-refractivity contribution in [3.8, 4) is 23.2 Å². The smallest absolute Gasteiger partial charge is 0.159 e. The molecule has 1 aromatic heterocycles. The Morgan fingerprint density at radius 3 is 2.43 bits per heavy atom. The lowest BCUT2D eigenvalue weighted by atomic mass is 10.2. The van der Waals surface area contributed by atoms with Gasteiger partial charge in [0.05, 0.1) is 5.56 Å². The summed E-state index contributed by atoms with van der Waals surface area (Å²) in [4.78, 5) is 8.27. The fourth-order valence-electron chi connectivity index (χ4n) is 2.03. The molecule has 2 aromatic carbocycles. The zero-order valence-electron chi connectivity index (χ0n) is 12.1. The first-order valence-corrected chi connectivity index (χ1v) is 6.94. The fraction of sp³-hybridized carbons (Fsp3) is 0.0556. The highest BCUT2D eigenvalue weighted by molar-refractivity contribution is 5.56. The van der Waals surface area contributed by atoms with Gasteiger partial charge >= 0.3 is 0 Å². The van der Waals surface area contributed by atoms with E-state index < -0.39 is 0 Å². The Morgan fingerprint density at radius 1 is 1.04 bits per heavy atom. The Bertz CT molecular complexity index is 839. The number of halogens is 1. The van der Waals surface area contributed by atoms with Crippen LogP contribution in [-0.4, -0.2) is 9.97 Å². The first-order chi connectivity index (χ1) is 11.2. The van der Waals surface area contributed by atoms with Gasteiger partial charge in [-0.2, -0.15) is 5.26 Å². The van der Waals surface area contributed by atoms with Gasteiger partial charge in [0.2, 0.25) is 0 Å². The Kier molecular flexibility index (Phi) is 4.25. The minimum atomic E-state index is -0.278. The van der Waals surface area contributed by atoms with Crippen molar-refractivity contribution in [2.75, 3.05) is 0 Å². The van der Waals surface area contributed by atoms with Gasteiger partial charge < -0.3 is 4.74 Å². The topological polar surface area (TPSA) is 58.8 Å². The van der Waals surface area contributed by atoms with Crippen molar-refractivity contribution in [1.29, 1.82) is 5.26 Å². The minimum Gasteiger partial charge on any atom is -0.489 e. The number of hydrogen-bond acceptors (Lipinski definition) is 4. The van der Waals surface area contributed by atoms with Gasteiger partial charge in [-0.3, -0.25) is 0 Å². The van der Waals surface area contributed by atoms with E-state index in [2.05, 4.69) is 9.97 Å². The molecule has 4 nitrogen and oxygen atoms in total. The van der Waals surface area contributed by atoms with Crippen molar-refractivity contribution in [2.45, 2.75) is 6.61 Å². The molecule has 3 aromatic rings. The Hall–Kier alpha value is -3.26. The third-order valence-electron chi connectivity index (χ3n) is 3.19. The zero-order chi connectivity index (χ0) is 16.1. The van der Waals surface area contributed by atoms with Crippen molar-refractivity contribution in [1.82, 2.24) is 9.97 Å². The van der Waals surface area contributed by atoms with Crippen LogP contribution in [0.4, 0.5) is 4.39 Å². The van der Waals surface area contributed by atoms with Gasteiger partial charge in [-0.15, -0.1) is 0 Å². The largest absolute Gasteiger partial charge is 0.489 e. The maximum Gasteiger partial charge on any atom is 0.159 e. The van der Waals surface area contributed by atoms with Gasteiger partial charge in [0.1, 0.15) is 24.2 Å². The standard InChI is InChI=1S/C18H12FN3O/c19-16-3-1-2-13(8-16)12-23-17-6-4-15(5-7-17)18-21-10-14(9-20)11-22-18/h1-8,10-11H,12H2. The van der Waals surface area contributed by atoms with Gasteiger partial charge in [0.25, 0.3) is 0 Å². The van der Waals surface area contributed by atoms with E-state index in [-0.39, 0.29) is 5.82 Å². The Balaban J connectivity index is 1.68. The molecule has 0 saturated heterocycles. The maximum atomic E-state index is 13.1.